The Morgan fingerprint density at radius 3 is 2.66 bits per heavy atom. The van der Waals surface area contributed by atoms with Crippen LogP contribution in [0.2, 0.25) is 0 Å². The molecule has 2 aromatic rings. The first-order chi connectivity index (χ1) is 15.3. The van der Waals surface area contributed by atoms with Crippen LogP contribution in [-0.2, 0) is 22.6 Å². The van der Waals surface area contributed by atoms with E-state index in [1.807, 2.05) is 24.3 Å². The van der Waals surface area contributed by atoms with Crippen LogP contribution in [0.15, 0.2) is 44.2 Å². The van der Waals surface area contributed by atoms with Crippen LogP contribution < -0.4 is 4.74 Å². The number of rotatable bonds is 4. The zero-order valence-electron chi connectivity index (χ0n) is 16.9. The van der Waals surface area contributed by atoms with Gasteiger partial charge in [0.15, 0.2) is 11.5 Å². The molecule has 2 heterocycles. The minimum atomic E-state index is -0.527. The van der Waals surface area contributed by atoms with Crippen molar-refractivity contribution in [1.82, 2.24) is 9.80 Å². The number of aromatic hydroxyl groups is 1. The third-order valence-electron chi connectivity index (χ3n) is 5.33. The number of nitrogens with zero attached hydrogens (tertiary/aromatic N) is 2. The quantitative estimate of drug-likeness (QED) is 0.533. The Labute approximate surface area is 205 Å². The van der Waals surface area contributed by atoms with E-state index in [2.05, 4.69) is 31.9 Å². The Balaban J connectivity index is 1.51. The Hall–Kier alpha value is -2.30. The number of thioether (sulfide) groups is 1. The topological polar surface area (TPSA) is 87.2 Å². The minimum Gasteiger partial charge on any atom is -0.503 e. The summed E-state index contributed by atoms with van der Waals surface area (Å²) >= 11 is 7.42. The highest BCUT2D eigenvalue weighted by Gasteiger charge is 2.37. The van der Waals surface area contributed by atoms with E-state index in [9.17, 15) is 19.5 Å². The summed E-state index contributed by atoms with van der Waals surface area (Å²) in [5.74, 6) is -0.663. The largest absolute Gasteiger partial charge is 0.503 e. The molecule has 10 heteroatoms. The fourth-order valence-corrected chi connectivity index (χ4v) is 5.26. The molecule has 0 unspecified atom stereocenters. The van der Waals surface area contributed by atoms with Gasteiger partial charge >= 0.3 is 0 Å². The van der Waals surface area contributed by atoms with Gasteiger partial charge in [0.05, 0.1) is 16.5 Å². The maximum Gasteiger partial charge on any atom is 0.294 e. The Kier molecular flexibility index (Phi) is 6.64. The second-order valence-corrected chi connectivity index (χ2v) is 9.83. The summed E-state index contributed by atoms with van der Waals surface area (Å²) in [5, 5.41) is 9.59. The number of fused-ring (bicyclic) bond motifs is 1. The fourth-order valence-electron chi connectivity index (χ4n) is 3.59. The van der Waals surface area contributed by atoms with Crippen LogP contribution >= 0.6 is 43.6 Å². The molecule has 166 valence electrons. The molecule has 2 aliphatic rings. The number of methoxy groups -OCH3 is 1. The normalized spacial score (nSPS) is 17.2. The van der Waals surface area contributed by atoms with E-state index in [0.717, 1.165) is 28.6 Å². The summed E-state index contributed by atoms with van der Waals surface area (Å²) in [4.78, 5) is 41.1. The monoisotopic (exact) mass is 580 g/mol. The number of ether oxygens (including phenoxy) is 1. The average Bonchev–Trinajstić information content (AvgIpc) is 3.06. The summed E-state index contributed by atoms with van der Waals surface area (Å²) in [7, 11) is 1.41. The summed E-state index contributed by atoms with van der Waals surface area (Å²) in [6, 6.07) is 9.49. The van der Waals surface area contributed by atoms with Crippen LogP contribution in [0.25, 0.3) is 6.08 Å². The van der Waals surface area contributed by atoms with Crippen LogP contribution in [0.5, 0.6) is 11.5 Å². The molecule has 3 amide bonds. The molecule has 0 aliphatic carbocycles. The number of benzene rings is 2. The van der Waals surface area contributed by atoms with Gasteiger partial charge < -0.3 is 14.7 Å². The summed E-state index contributed by atoms with van der Waals surface area (Å²) < 4.78 is 6.02. The molecule has 0 atom stereocenters. The molecular formula is C22H18Br2N2O5S. The Bertz CT molecular complexity index is 1170. The highest BCUT2D eigenvalue weighted by Crippen LogP contribution is 2.43. The van der Waals surface area contributed by atoms with E-state index >= 15 is 0 Å². The van der Waals surface area contributed by atoms with Crippen LogP contribution in [0.4, 0.5) is 4.79 Å². The molecule has 0 saturated carbocycles. The number of hydrogen-bond donors (Lipinski definition) is 1. The summed E-state index contributed by atoms with van der Waals surface area (Å²) in [6.45, 7) is 0.722. The van der Waals surface area contributed by atoms with Crippen molar-refractivity contribution in [3.05, 3.63) is 60.9 Å². The van der Waals surface area contributed by atoms with Crippen molar-refractivity contribution in [1.29, 1.82) is 0 Å². The zero-order chi connectivity index (χ0) is 23.0. The van der Waals surface area contributed by atoms with Crippen molar-refractivity contribution in [2.75, 3.05) is 20.2 Å². The lowest BCUT2D eigenvalue weighted by Gasteiger charge is -2.29. The van der Waals surface area contributed by atoms with Gasteiger partial charge in [-0.1, -0.05) is 24.3 Å². The summed E-state index contributed by atoms with van der Waals surface area (Å²) in [6.07, 6.45) is 2.28. The van der Waals surface area contributed by atoms with Gasteiger partial charge in [-0.3, -0.25) is 19.3 Å². The molecule has 0 bridgehead atoms. The number of imide groups is 1. The van der Waals surface area contributed by atoms with Crippen LogP contribution in [0.3, 0.4) is 0 Å². The lowest BCUT2D eigenvalue weighted by Crippen LogP contribution is -2.44. The molecule has 0 radical (unpaired) electrons. The number of hydrogen-bond acceptors (Lipinski definition) is 6. The number of carbonyl (C=O) groups excluding carboxylic acids is 3. The van der Waals surface area contributed by atoms with Crippen molar-refractivity contribution in [3.63, 3.8) is 0 Å². The van der Waals surface area contributed by atoms with Gasteiger partial charge in [0.25, 0.3) is 11.1 Å². The number of phenolic OH excluding ortho intramolecular Hbond substituents is 1. The fraction of sp³-hybridized carbons (Fsp3) is 0.227. The third-order valence-corrected chi connectivity index (χ3v) is 8.40. The van der Waals surface area contributed by atoms with Crippen molar-refractivity contribution in [3.8, 4) is 11.5 Å². The first-order valence-corrected chi connectivity index (χ1v) is 12.0. The standard InChI is InChI=1S/C22H18Br2N2O5S/c1-31-15-8-14(18(23)19(24)20(15)28)9-16-21(29)26(22(30)32-16)11-17(27)25-7-6-12-4-2-3-5-13(12)10-25/h2-5,8-9,28H,6-7,10-11H2,1H3/b16-9-. The lowest BCUT2D eigenvalue weighted by atomic mass is 10.00. The molecule has 32 heavy (non-hydrogen) atoms. The first-order valence-electron chi connectivity index (χ1n) is 9.65. The number of phenols is 1. The van der Waals surface area contributed by atoms with E-state index in [4.69, 9.17) is 4.74 Å². The SMILES string of the molecule is COc1cc(/C=C2\SC(=O)N(CC(=O)N3CCc4ccccc4C3)C2=O)c(Br)c(Br)c1O. The zero-order valence-corrected chi connectivity index (χ0v) is 20.9. The Morgan fingerprint density at radius 2 is 1.94 bits per heavy atom. The summed E-state index contributed by atoms with van der Waals surface area (Å²) in [5.41, 5.74) is 2.83. The maximum atomic E-state index is 12.9. The van der Waals surface area contributed by atoms with Crippen molar-refractivity contribution in [2.45, 2.75) is 13.0 Å². The van der Waals surface area contributed by atoms with Crippen molar-refractivity contribution >= 4 is 66.8 Å². The van der Waals surface area contributed by atoms with Crippen molar-refractivity contribution in [2.24, 2.45) is 0 Å². The molecule has 4 rings (SSSR count). The molecule has 1 saturated heterocycles. The lowest BCUT2D eigenvalue weighted by molar-refractivity contribution is -0.136. The predicted octanol–water partition coefficient (Wildman–Crippen LogP) is 4.55. The highest BCUT2D eigenvalue weighted by molar-refractivity contribution is 9.13. The second kappa shape index (κ2) is 9.29. The van der Waals surface area contributed by atoms with E-state index in [1.165, 1.54) is 18.7 Å². The Morgan fingerprint density at radius 1 is 1.22 bits per heavy atom. The van der Waals surface area contributed by atoms with Gasteiger partial charge in [-0.05, 0) is 78.9 Å². The van der Waals surface area contributed by atoms with Crippen LogP contribution in [0, 0.1) is 0 Å². The predicted molar refractivity (Wildman–Crippen MR) is 128 cm³/mol. The third kappa shape index (κ3) is 4.31. The number of halogens is 2. The molecule has 0 spiro atoms. The van der Waals surface area contributed by atoms with Gasteiger partial charge in [-0.15, -0.1) is 0 Å². The van der Waals surface area contributed by atoms with Gasteiger partial charge in [0.1, 0.15) is 6.54 Å². The van der Waals surface area contributed by atoms with E-state index < -0.39 is 11.1 Å². The average molecular weight is 582 g/mol. The molecule has 2 aliphatic heterocycles. The van der Waals surface area contributed by atoms with E-state index in [1.54, 1.807) is 11.0 Å². The molecule has 1 fully saturated rings. The van der Waals surface area contributed by atoms with Crippen molar-refractivity contribution < 1.29 is 24.2 Å². The minimum absolute atomic E-state index is 0.0849. The molecule has 2 aromatic carbocycles. The van der Waals surface area contributed by atoms with Gasteiger partial charge in [0.2, 0.25) is 5.91 Å². The number of amides is 3. The molecule has 0 aromatic heterocycles. The number of carbonyl (C=O) groups is 3. The smallest absolute Gasteiger partial charge is 0.294 e. The van der Waals surface area contributed by atoms with Gasteiger partial charge in [-0.25, -0.2) is 0 Å². The molecular weight excluding hydrogens is 564 g/mol. The van der Waals surface area contributed by atoms with E-state index in [0.29, 0.717) is 27.6 Å². The second-order valence-electron chi connectivity index (χ2n) is 7.25. The van der Waals surface area contributed by atoms with E-state index in [-0.39, 0.29) is 28.9 Å². The maximum absolute atomic E-state index is 12.9. The molecule has 1 N–H and O–H groups in total. The first kappa shape index (κ1) is 22.9. The molecule has 7 nitrogen and oxygen atoms in total. The van der Waals surface area contributed by atoms with Crippen LogP contribution in [-0.4, -0.2) is 52.2 Å². The van der Waals surface area contributed by atoms with Gasteiger partial charge in [0, 0.05) is 17.6 Å². The van der Waals surface area contributed by atoms with Gasteiger partial charge in [-0.2, -0.15) is 0 Å². The van der Waals surface area contributed by atoms with Crippen LogP contribution in [0.1, 0.15) is 16.7 Å². The highest BCUT2D eigenvalue weighted by atomic mass is 79.9.